The number of hydrogen-bond acceptors (Lipinski definition) is 2. The third-order valence-corrected chi connectivity index (χ3v) is 3.56. The van der Waals surface area contributed by atoms with Gasteiger partial charge in [0.25, 0.3) is 0 Å². The van der Waals surface area contributed by atoms with Crippen molar-refractivity contribution in [3.63, 3.8) is 0 Å². The van der Waals surface area contributed by atoms with Crippen LogP contribution < -0.4 is 0 Å². The van der Waals surface area contributed by atoms with E-state index in [0.717, 1.165) is 6.42 Å². The quantitative estimate of drug-likeness (QED) is 0.785. The van der Waals surface area contributed by atoms with E-state index in [1.54, 1.807) is 12.1 Å². The molecule has 92 valence electrons. The second kappa shape index (κ2) is 4.57. The van der Waals surface area contributed by atoms with Crippen molar-refractivity contribution in [1.82, 2.24) is 4.90 Å². The lowest BCUT2D eigenvalue weighted by Gasteiger charge is -2.41. The van der Waals surface area contributed by atoms with Crippen molar-refractivity contribution in [2.24, 2.45) is 0 Å². The highest BCUT2D eigenvalue weighted by Crippen LogP contribution is 2.27. The second-order valence-corrected chi connectivity index (χ2v) is 5.30. The van der Waals surface area contributed by atoms with E-state index in [1.807, 2.05) is 6.07 Å². The standard InChI is InChI=1S/C14H18FNO/c1-14(2)8-7-12(17)10-16(14)9-11-5-3-4-6-13(11)15/h3-6H,7-10H2,1-2H3. The minimum absolute atomic E-state index is 0.0316. The van der Waals surface area contributed by atoms with Gasteiger partial charge in [-0.25, -0.2) is 4.39 Å². The van der Waals surface area contributed by atoms with Crippen LogP contribution in [0.5, 0.6) is 0 Å². The largest absolute Gasteiger partial charge is 0.298 e. The number of hydrogen-bond donors (Lipinski definition) is 0. The van der Waals surface area contributed by atoms with Crippen molar-refractivity contribution in [2.75, 3.05) is 6.54 Å². The summed E-state index contributed by atoms with van der Waals surface area (Å²) in [6.45, 7) is 5.16. The van der Waals surface area contributed by atoms with Gasteiger partial charge in [0.15, 0.2) is 0 Å². The van der Waals surface area contributed by atoms with E-state index in [4.69, 9.17) is 0 Å². The maximum Gasteiger partial charge on any atom is 0.146 e. The van der Waals surface area contributed by atoms with Gasteiger partial charge in [-0.3, -0.25) is 9.69 Å². The fourth-order valence-corrected chi connectivity index (χ4v) is 2.21. The molecule has 2 rings (SSSR count). The molecule has 0 N–H and O–H groups in total. The smallest absolute Gasteiger partial charge is 0.146 e. The molecule has 0 radical (unpaired) electrons. The normalized spacial score (nSPS) is 20.5. The Bertz CT molecular complexity index is 428. The van der Waals surface area contributed by atoms with E-state index in [0.29, 0.717) is 25.1 Å². The Balaban J connectivity index is 2.16. The fraction of sp³-hybridized carbons (Fsp3) is 0.500. The third-order valence-electron chi connectivity index (χ3n) is 3.56. The molecule has 3 heteroatoms. The summed E-state index contributed by atoms with van der Waals surface area (Å²) in [4.78, 5) is 13.6. The average molecular weight is 235 g/mol. The number of likely N-dealkylation sites (tertiary alicyclic amines) is 1. The molecule has 1 aromatic carbocycles. The molecule has 1 aliphatic rings. The molecule has 0 amide bonds. The molecule has 0 aliphatic carbocycles. The molecule has 0 unspecified atom stereocenters. The number of ketones is 1. The molecule has 1 aliphatic heterocycles. The van der Waals surface area contributed by atoms with E-state index >= 15 is 0 Å². The lowest BCUT2D eigenvalue weighted by atomic mass is 9.89. The molecule has 17 heavy (non-hydrogen) atoms. The van der Waals surface area contributed by atoms with Gasteiger partial charge in [-0.05, 0) is 26.3 Å². The summed E-state index contributed by atoms with van der Waals surface area (Å²) >= 11 is 0. The van der Waals surface area contributed by atoms with Crippen LogP contribution in [-0.2, 0) is 11.3 Å². The first-order valence-corrected chi connectivity index (χ1v) is 5.99. The van der Waals surface area contributed by atoms with Crippen LogP contribution >= 0.6 is 0 Å². The molecule has 1 heterocycles. The van der Waals surface area contributed by atoms with Crippen LogP contribution in [0.1, 0.15) is 32.3 Å². The van der Waals surface area contributed by atoms with Crippen molar-refractivity contribution >= 4 is 5.78 Å². The molecule has 0 atom stereocenters. The van der Waals surface area contributed by atoms with Crippen LogP contribution in [-0.4, -0.2) is 22.8 Å². The zero-order valence-electron chi connectivity index (χ0n) is 10.4. The number of carbonyl (C=O) groups is 1. The number of rotatable bonds is 2. The summed E-state index contributed by atoms with van der Waals surface area (Å²) < 4.78 is 13.6. The average Bonchev–Trinajstić information content (AvgIpc) is 2.27. The van der Waals surface area contributed by atoms with Gasteiger partial charge in [0.05, 0.1) is 6.54 Å². The third kappa shape index (κ3) is 2.72. The van der Waals surface area contributed by atoms with Crippen LogP contribution in [0.4, 0.5) is 4.39 Å². The Labute approximate surface area is 101 Å². The molecule has 2 nitrogen and oxygen atoms in total. The summed E-state index contributed by atoms with van der Waals surface area (Å²) in [5, 5.41) is 0. The van der Waals surface area contributed by atoms with E-state index < -0.39 is 0 Å². The Morgan fingerprint density at radius 3 is 2.76 bits per heavy atom. The molecule has 1 saturated heterocycles. The van der Waals surface area contributed by atoms with Crippen LogP contribution in [0, 0.1) is 5.82 Å². The molecular formula is C14H18FNO. The number of halogens is 1. The maximum absolute atomic E-state index is 13.6. The molecule has 0 bridgehead atoms. The minimum atomic E-state index is -0.193. The van der Waals surface area contributed by atoms with Crippen LogP contribution in [0.15, 0.2) is 24.3 Å². The zero-order chi connectivity index (χ0) is 12.5. The first-order chi connectivity index (χ1) is 7.99. The highest BCUT2D eigenvalue weighted by molar-refractivity contribution is 5.81. The van der Waals surface area contributed by atoms with E-state index in [9.17, 15) is 9.18 Å². The SMILES string of the molecule is CC1(C)CCC(=O)CN1Cc1ccccc1F. The van der Waals surface area contributed by atoms with Crippen molar-refractivity contribution in [3.05, 3.63) is 35.6 Å². The molecular weight excluding hydrogens is 217 g/mol. The predicted octanol–water partition coefficient (Wildman–Crippen LogP) is 2.77. The van der Waals surface area contributed by atoms with Crippen LogP contribution in [0.25, 0.3) is 0 Å². The van der Waals surface area contributed by atoms with Crippen molar-refractivity contribution in [1.29, 1.82) is 0 Å². The highest BCUT2D eigenvalue weighted by atomic mass is 19.1. The molecule has 1 aromatic rings. The Morgan fingerprint density at radius 1 is 1.35 bits per heavy atom. The lowest BCUT2D eigenvalue weighted by molar-refractivity contribution is -0.126. The Kier molecular flexibility index (Phi) is 3.29. The summed E-state index contributed by atoms with van der Waals surface area (Å²) in [6.07, 6.45) is 1.49. The van der Waals surface area contributed by atoms with E-state index in [-0.39, 0.29) is 17.1 Å². The van der Waals surface area contributed by atoms with E-state index in [2.05, 4.69) is 18.7 Å². The Hall–Kier alpha value is -1.22. The maximum atomic E-state index is 13.6. The fourth-order valence-electron chi connectivity index (χ4n) is 2.21. The Morgan fingerprint density at radius 2 is 2.06 bits per heavy atom. The summed E-state index contributed by atoms with van der Waals surface area (Å²) in [6, 6.07) is 6.76. The van der Waals surface area contributed by atoms with Crippen molar-refractivity contribution < 1.29 is 9.18 Å². The van der Waals surface area contributed by atoms with Crippen LogP contribution in [0.3, 0.4) is 0 Å². The van der Waals surface area contributed by atoms with Gasteiger partial charge in [0, 0.05) is 24.1 Å². The highest BCUT2D eigenvalue weighted by Gasteiger charge is 2.33. The number of piperidine rings is 1. The molecule has 0 aromatic heterocycles. The number of nitrogens with zero attached hydrogens (tertiary/aromatic N) is 1. The summed E-state index contributed by atoms with van der Waals surface area (Å²) in [7, 11) is 0. The summed E-state index contributed by atoms with van der Waals surface area (Å²) in [5.41, 5.74) is 0.631. The number of Topliss-reactive ketones (excluding diaryl/α,β-unsaturated/α-hetero) is 1. The van der Waals surface area contributed by atoms with Crippen molar-refractivity contribution in [3.8, 4) is 0 Å². The lowest BCUT2D eigenvalue weighted by Crippen LogP contribution is -2.50. The minimum Gasteiger partial charge on any atom is -0.298 e. The molecule has 0 saturated carbocycles. The number of carbonyl (C=O) groups excluding carboxylic acids is 1. The van der Waals surface area contributed by atoms with Crippen LogP contribution in [0.2, 0.25) is 0 Å². The monoisotopic (exact) mass is 235 g/mol. The van der Waals surface area contributed by atoms with Gasteiger partial charge in [-0.2, -0.15) is 0 Å². The van der Waals surface area contributed by atoms with Crippen molar-refractivity contribution in [2.45, 2.75) is 38.8 Å². The van der Waals surface area contributed by atoms with Gasteiger partial charge in [-0.15, -0.1) is 0 Å². The van der Waals surface area contributed by atoms with Gasteiger partial charge in [0.1, 0.15) is 11.6 Å². The van der Waals surface area contributed by atoms with E-state index in [1.165, 1.54) is 6.07 Å². The number of benzene rings is 1. The predicted molar refractivity (Wildman–Crippen MR) is 65.1 cm³/mol. The second-order valence-electron chi connectivity index (χ2n) is 5.30. The topological polar surface area (TPSA) is 20.3 Å². The van der Waals surface area contributed by atoms with Gasteiger partial charge in [0.2, 0.25) is 0 Å². The van der Waals surface area contributed by atoms with Gasteiger partial charge < -0.3 is 0 Å². The van der Waals surface area contributed by atoms with Gasteiger partial charge >= 0.3 is 0 Å². The first-order valence-electron chi connectivity index (χ1n) is 5.99. The molecule has 0 spiro atoms. The zero-order valence-corrected chi connectivity index (χ0v) is 10.4. The van der Waals surface area contributed by atoms with Gasteiger partial charge in [-0.1, -0.05) is 18.2 Å². The summed E-state index contributed by atoms with van der Waals surface area (Å²) in [5.74, 6) is 0.0574. The molecule has 1 fully saturated rings. The first kappa shape index (κ1) is 12.2.